The van der Waals surface area contributed by atoms with E-state index >= 15 is 0 Å². The fourth-order valence-corrected chi connectivity index (χ4v) is 4.55. The average molecular weight is 327 g/mol. The Morgan fingerprint density at radius 2 is 1.71 bits per heavy atom. The molecule has 1 saturated heterocycles. The Bertz CT molecular complexity index is 620. The van der Waals surface area contributed by atoms with Gasteiger partial charge in [-0.3, -0.25) is 15.0 Å². The molecule has 0 amide bonds. The van der Waals surface area contributed by atoms with Crippen LogP contribution in [0, 0.1) is 27.9 Å². The van der Waals surface area contributed by atoms with Gasteiger partial charge >= 0.3 is 0 Å². The van der Waals surface area contributed by atoms with Crippen LogP contribution in [0.1, 0.15) is 18.4 Å². The largest absolute Gasteiger partial charge is 0.300 e. The van der Waals surface area contributed by atoms with Gasteiger partial charge in [-0.2, -0.15) is 0 Å². The molecule has 0 radical (unpaired) electrons. The highest BCUT2D eigenvalue weighted by Crippen LogP contribution is 2.43. The van der Waals surface area contributed by atoms with E-state index in [-0.39, 0.29) is 10.6 Å². The summed E-state index contributed by atoms with van der Waals surface area (Å²) in [7, 11) is 0. The van der Waals surface area contributed by atoms with Crippen molar-refractivity contribution in [1.82, 2.24) is 9.80 Å². The van der Waals surface area contributed by atoms with Crippen molar-refractivity contribution in [3.63, 3.8) is 0 Å². The van der Waals surface area contributed by atoms with Gasteiger partial charge in [-0.05, 0) is 36.2 Å². The Morgan fingerprint density at radius 3 is 2.29 bits per heavy atom. The van der Waals surface area contributed by atoms with Crippen LogP contribution < -0.4 is 0 Å². The SMILES string of the molecule is O=[N+]([O-])c1ccc(CN2CCN(C[C@@H]3C[C@@H]4C=C[C@H]3C4)CC2)cc1. The molecule has 1 saturated carbocycles. The number of fused-ring (bicyclic) bond motifs is 2. The average Bonchev–Trinajstić information content (AvgIpc) is 3.20. The molecular weight excluding hydrogens is 302 g/mol. The summed E-state index contributed by atoms with van der Waals surface area (Å²) in [6.07, 6.45) is 7.65. The van der Waals surface area contributed by atoms with Crippen molar-refractivity contribution < 1.29 is 4.92 Å². The van der Waals surface area contributed by atoms with Crippen LogP contribution in [0.5, 0.6) is 0 Å². The maximum atomic E-state index is 10.7. The topological polar surface area (TPSA) is 49.6 Å². The van der Waals surface area contributed by atoms with Crippen molar-refractivity contribution in [2.75, 3.05) is 32.7 Å². The van der Waals surface area contributed by atoms with Gasteiger partial charge in [0.1, 0.15) is 0 Å². The molecule has 0 spiro atoms. The van der Waals surface area contributed by atoms with E-state index in [1.54, 1.807) is 12.1 Å². The van der Waals surface area contributed by atoms with Crippen LogP contribution in [0.15, 0.2) is 36.4 Å². The summed E-state index contributed by atoms with van der Waals surface area (Å²) in [5, 5.41) is 10.7. The number of nitro groups is 1. The lowest BCUT2D eigenvalue weighted by atomic mass is 9.93. The van der Waals surface area contributed by atoms with Gasteiger partial charge in [-0.1, -0.05) is 24.3 Å². The molecular formula is C19H25N3O2. The molecule has 5 heteroatoms. The van der Waals surface area contributed by atoms with Gasteiger partial charge in [0.2, 0.25) is 0 Å². The molecule has 2 aliphatic carbocycles. The molecule has 4 rings (SSSR count). The highest BCUT2D eigenvalue weighted by Gasteiger charge is 2.36. The van der Waals surface area contributed by atoms with Gasteiger partial charge in [0, 0.05) is 51.4 Å². The van der Waals surface area contributed by atoms with Crippen LogP contribution in [-0.2, 0) is 6.54 Å². The molecule has 1 heterocycles. The minimum Gasteiger partial charge on any atom is -0.300 e. The third-order valence-electron chi connectivity index (χ3n) is 5.93. The van der Waals surface area contributed by atoms with E-state index in [0.717, 1.165) is 56.0 Å². The first-order valence-electron chi connectivity index (χ1n) is 9.04. The van der Waals surface area contributed by atoms with Crippen LogP contribution in [0.3, 0.4) is 0 Å². The van der Waals surface area contributed by atoms with E-state index < -0.39 is 0 Å². The Hall–Kier alpha value is -1.72. The van der Waals surface area contributed by atoms with Crippen LogP contribution in [0.2, 0.25) is 0 Å². The van der Waals surface area contributed by atoms with Crippen molar-refractivity contribution in [1.29, 1.82) is 0 Å². The van der Waals surface area contributed by atoms with Crippen LogP contribution in [-0.4, -0.2) is 47.4 Å². The number of piperazine rings is 1. The minimum atomic E-state index is -0.340. The first-order chi connectivity index (χ1) is 11.7. The highest BCUT2D eigenvalue weighted by molar-refractivity contribution is 5.32. The van der Waals surface area contributed by atoms with E-state index in [1.807, 2.05) is 12.1 Å². The second-order valence-electron chi connectivity index (χ2n) is 7.54. The number of allylic oxidation sites excluding steroid dienone is 2. The van der Waals surface area contributed by atoms with Crippen LogP contribution in [0.25, 0.3) is 0 Å². The van der Waals surface area contributed by atoms with Gasteiger partial charge in [-0.25, -0.2) is 0 Å². The first kappa shape index (κ1) is 15.8. The quantitative estimate of drug-likeness (QED) is 0.474. The molecule has 0 aromatic heterocycles. The lowest BCUT2D eigenvalue weighted by Crippen LogP contribution is -2.47. The summed E-state index contributed by atoms with van der Waals surface area (Å²) in [5.41, 5.74) is 1.33. The number of rotatable bonds is 5. The predicted molar refractivity (Wildman–Crippen MR) is 93.7 cm³/mol. The summed E-state index contributed by atoms with van der Waals surface area (Å²) >= 11 is 0. The fraction of sp³-hybridized carbons (Fsp3) is 0.579. The number of nitrogens with zero attached hydrogens (tertiary/aromatic N) is 3. The highest BCUT2D eigenvalue weighted by atomic mass is 16.6. The second kappa shape index (κ2) is 6.65. The molecule has 5 nitrogen and oxygen atoms in total. The maximum absolute atomic E-state index is 10.7. The second-order valence-corrected chi connectivity index (χ2v) is 7.54. The van der Waals surface area contributed by atoms with Crippen molar-refractivity contribution in [3.05, 3.63) is 52.1 Å². The summed E-state index contributed by atoms with van der Waals surface area (Å²) < 4.78 is 0. The van der Waals surface area contributed by atoms with E-state index in [4.69, 9.17) is 0 Å². The van der Waals surface area contributed by atoms with Crippen molar-refractivity contribution >= 4 is 5.69 Å². The standard InChI is InChI=1S/C19H25N3O2/c23-22(24)19-5-2-15(3-6-19)13-20-7-9-21(10-8-20)14-18-12-16-1-4-17(18)11-16/h1-6,16-18H,7-14H2/t16-,17+,18+/m1/s1. The van der Waals surface area contributed by atoms with Gasteiger partial charge in [-0.15, -0.1) is 0 Å². The molecule has 1 aromatic carbocycles. The normalized spacial score (nSPS) is 30.1. The Kier molecular flexibility index (Phi) is 4.37. The summed E-state index contributed by atoms with van der Waals surface area (Å²) in [5.74, 6) is 2.58. The number of hydrogen-bond donors (Lipinski definition) is 0. The zero-order valence-corrected chi connectivity index (χ0v) is 14.0. The molecule has 24 heavy (non-hydrogen) atoms. The van der Waals surface area contributed by atoms with Gasteiger partial charge in [0.05, 0.1) is 4.92 Å². The Labute approximate surface area is 143 Å². The minimum absolute atomic E-state index is 0.170. The summed E-state index contributed by atoms with van der Waals surface area (Å²) in [4.78, 5) is 15.5. The van der Waals surface area contributed by atoms with Gasteiger partial charge < -0.3 is 4.90 Å². The van der Waals surface area contributed by atoms with E-state index in [1.165, 1.54) is 19.4 Å². The monoisotopic (exact) mass is 327 g/mol. The third kappa shape index (κ3) is 3.37. The molecule has 0 N–H and O–H groups in total. The van der Waals surface area contributed by atoms with Crippen molar-refractivity contribution in [2.24, 2.45) is 17.8 Å². The zero-order chi connectivity index (χ0) is 16.5. The van der Waals surface area contributed by atoms with E-state index in [9.17, 15) is 10.1 Å². The Morgan fingerprint density at radius 1 is 1.00 bits per heavy atom. The Balaban J connectivity index is 1.24. The maximum Gasteiger partial charge on any atom is 0.269 e. The first-order valence-corrected chi connectivity index (χ1v) is 9.04. The molecule has 1 aromatic rings. The number of hydrogen-bond acceptors (Lipinski definition) is 4. The molecule has 2 fully saturated rings. The smallest absolute Gasteiger partial charge is 0.269 e. The predicted octanol–water partition coefficient (Wildman–Crippen LogP) is 2.92. The molecule has 1 aliphatic heterocycles. The summed E-state index contributed by atoms with van der Waals surface area (Å²) in [6.45, 7) is 6.62. The molecule has 3 atom stereocenters. The third-order valence-corrected chi connectivity index (χ3v) is 5.93. The van der Waals surface area contributed by atoms with Crippen LogP contribution in [0.4, 0.5) is 5.69 Å². The lowest BCUT2D eigenvalue weighted by molar-refractivity contribution is -0.384. The number of nitro benzene ring substituents is 1. The van der Waals surface area contributed by atoms with Crippen molar-refractivity contribution in [2.45, 2.75) is 19.4 Å². The fourth-order valence-electron chi connectivity index (χ4n) is 4.55. The van der Waals surface area contributed by atoms with Gasteiger partial charge in [0.15, 0.2) is 0 Å². The molecule has 128 valence electrons. The van der Waals surface area contributed by atoms with E-state index in [0.29, 0.717) is 0 Å². The van der Waals surface area contributed by atoms with Crippen LogP contribution >= 0.6 is 0 Å². The number of non-ortho nitro benzene ring substituents is 1. The van der Waals surface area contributed by atoms with Crippen molar-refractivity contribution in [3.8, 4) is 0 Å². The van der Waals surface area contributed by atoms with Gasteiger partial charge in [0.25, 0.3) is 5.69 Å². The number of benzene rings is 1. The summed E-state index contributed by atoms with van der Waals surface area (Å²) in [6, 6.07) is 6.97. The zero-order valence-electron chi connectivity index (χ0n) is 14.0. The lowest BCUT2D eigenvalue weighted by Gasteiger charge is -2.37. The molecule has 3 aliphatic rings. The molecule has 2 bridgehead atoms. The van der Waals surface area contributed by atoms with E-state index in [2.05, 4.69) is 22.0 Å². The molecule has 0 unspecified atom stereocenters.